The monoisotopic (exact) mass is 682 g/mol. The third-order valence-electron chi connectivity index (χ3n) is 5.99. The molecule has 3 rings (SSSR count). The van der Waals surface area contributed by atoms with Crippen molar-refractivity contribution in [2.45, 2.75) is 68.1 Å². The standard InChI is InChI=1S/C30H39N2O8PS3/c1-9-38-41(34,39-10-2)18-37-22-14-19(3)26(20(4)15-22)21-12-11-13-23(16-21)44(35,36)25-17-24(43-28(25)42-8)27(31)32-29(33)40-30(5,6)7/h11-17H,9-10,18H2,1-8H3,(H2,31,32,33). The summed E-state index contributed by atoms with van der Waals surface area (Å²) in [6.45, 7) is 12.8. The average molecular weight is 683 g/mol. The largest absolute Gasteiger partial charge is 0.481 e. The normalized spacial score (nSPS) is 12.2. The van der Waals surface area contributed by atoms with Crippen LogP contribution in [-0.4, -0.2) is 51.8 Å². The fourth-order valence-electron chi connectivity index (χ4n) is 4.34. The topological polar surface area (TPSA) is 141 Å². The van der Waals surface area contributed by atoms with E-state index in [1.165, 1.54) is 23.9 Å². The lowest BCUT2D eigenvalue weighted by Crippen LogP contribution is -2.36. The lowest BCUT2D eigenvalue weighted by molar-refractivity contribution is 0.0563. The summed E-state index contributed by atoms with van der Waals surface area (Å²) in [4.78, 5) is 12.6. The van der Waals surface area contributed by atoms with Crippen molar-refractivity contribution in [2.24, 2.45) is 0 Å². The van der Waals surface area contributed by atoms with Gasteiger partial charge >= 0.3 is 13.7 Å². The molecule has 0 saturated carbocycles. The average Bonchev–Trinajstić information content (AvgIpc) is 3.37. The molecule has 0 radical (unpaired) electrons. The Morgan fingerprint density at radius 3 is 2.20 bits per heavy atom. The van der Waals surface area contributed by atoms with Gasteiger partial charge in [0.1, 0.15) is 17.2 Å². The predicted octanol–water partition coefficient (Wildman–Crippen LogP) is 8.04. The minimum atomic E-state index is -3.99. The summed E-state index contributed by atoms with van der Waals surface area (Å²) in [5, 5.41) is 10.7. The van der Waals surface area contributed by atoms with Gasteiger partial charge in [-0.15, -0.1) is 23.1 Å². The maximum Gasteiger partial charge on any atom is 0.413 e. The predicted molar refractivity (Wildman–Crippen MR) is 175 cm³/mol. The van der Waals surface area contributed by atoms with Crippen molar-refractivity contribution in [3.05, 3.63) is 58.5 Å². The number of thiophene rings is 1. The number of sulfone groups is 1. The van der Waals surface area contributed by atoms with Gasteiger partial charge < -0.3 is 18.5 Å². The quantitative estimate of drug-likeness (QED) is 0.0840. The molecule has 0 aliphatic rings. The maximum atomic E-state index is 13.9. The Balaban J connectivity index is 1.91. The first-order valence-electron chi connectivity index (χ1n) is 13.8. The molecule has 0 aliphatic carbocycles. The summed E-state index contributed by atoms with van der Waals surface area (Å²) in [6.07, 6.45) is 0.734. The smallest absolute Gasteiger partial charge is 0.413 e. The zero-order valence-corrected chi connectivity index (χ0v) is 29.4. The number of aryl methyl sites for hydroxylation is 2. The highest BCUT2D eigenvalue weighted by Gasteiger charge is 2.28. The summed E-state index contributed by atoms with van der Waals surface area (Å²) >= 11 is 2.36. The first kappa shape index (κ1) is 35.8. The summed E-state index contributed by atoms with van der Waals surface area (Å²) in [7, 11) is -7.38. The molecular weight excluding hydrogens is 644 g/mol. The van der Waals surface area contributed by atoms with E-state index in [1.807, 2.05) is 19.9 Å². The van der Waals surface area contributed by atoms with E-state index in [2.05, 4.69) is 5.32 Å². The number of hydrogen-bond donors (Lipinski definition) is 2. The van der Waals surface area contributed by atoms with Crippen LogP contribution >= 0.6 is 30.7 Å². The van der Waals surface area contributed by atoms with E-state index in [9.17, 15) is 17.8 Å². The van der Waals surface area contributed by atoms with Gasteiger partial charge in [-0.05, 0) is 107 Å². The van der Waals surface area contributed by atoms with E-state index in [1.54, 1.807) is 65.1 Å². The Hall–Kier alpha value is -2.67. The van der Waals surface area contributed by atoms with Crippen LogP contribution in [0.4, 0.5) is 4.79 Å². The Labute approximate surface area is 267 Å². The number of amidine groups is 1. The highest BCUT2D eigenvalue weighted by Crippen LogP contribution is 2.48. The third-order valence-corrected chi connectivity index (χ3v) is 12.1. The van der Waals surface area contributed by atoms with Gasteiger partial charge in [-0.1, -0.05) is 12.1 Å². The number of alkyl carbamates (subject to hydrolysis) is 1. The number of benzene rings is 2. The van der Waals surface area contributed by atoms with Crippen molar-refractivity contribution in [3.8, 4) is 16.9 Å². The van der Waals surface area contributed by atoms with E-state index >= 15 is 0 Å². The molecule has 0 bridgehead atoms. The first-order valence-corrected chi connectivity index (χ1v) is 19.0. The molecule has 240 valence electrons. The number of nitrogens with one attached hydrogen (secondary N) is 2. The Morgan fingerprint density at radius 2 is 1.66 bits per heavy atom. The van der Waals surface area contributed by atoms with E-state index in [-0.39, 0.29) is 40.1 Å². The van der Waals surface area contributed by atoms with Crippen LogP contribution in [-0.2, 0) is 28.2 Å². The number of hydrogen-bond acceptors (Lipinski definition) is 11. The lowest BCUT2D eigenvalue weighted by atomic mass is 9.95. The van der Waals surface area contributed by atoms with Crippen LogP contribution in [0.25, 0.3) is 11.1 Å². The molecule has 1 amide bonds. The SMILES string of the molecule is CCOP(=O)(COc1cc(C)c(-c2cccc(S(=O)(=O)c3cc(C(=N)NC(=O)OC(C)(C)C)sc3SC)c2)c(C)c1)OCC. The molecule has 2 aromatic carbocycles. The molecule has 0 saturated heterocycles. The second-order valence-electron chi connectivity index (χ2n) is 10.7. The Bertz CT molecular complexity index is 1650. The number of rotatable bonds is 12. The summed E-state index contributed by atoms with van der Waals surface area (Å²) in [5.74, 6) is 0.243. The third kappa shape index (κ3) is 8.95. The molecule has 3 aromatic rings. The zero-order valence-electron chi connectivity index (χ0n) is 26.1. The van der Waals surface area contributed by atoms with Crippen LogP contribution < -0.4 is 10.1 Å². The molecule has 1 heterocycles. The molecular formula is C30H39N2O8PS3. The molecule has 0 aliphatic heterocycles. The first-order chi connectivity index (χ1) is 20.5. The summed E-state index contributed by atoms with van der Waals surface area (Å²) in [6, 6.07) is 11.7. The van der Waals surface area contributed by atoms with Gasteiger partial charge in [0.2, 0.25) is 9.84 Å². The second kappa shape index (κ2) is 14.6. The van der Waals surface area contributed by atoms with Gasteiger partial charge in [-0.3, -0.25) is 15.3 Å². The van der Waals surface area contributed by atoms with Crippen molar-refractivity contribution in [1.82, 2.24) is 5.32 Å². The van der Waals surface area contributed by atoms with Crippen LogP contribution in [0.1, 0.15) is 50.6 Å². The number of carbonyl (C=O) groups excluding carboxylic acids is 1. The lowest BCUT2D eigenvalue weighted by Gasteiger charge is -2.19. The Morgan fingerprint density at radius 1 is 1.05 bits per heavy atom. The van der Waals surface area contributed by atoms with Gasteiger partial charge in [0, 0.05) is 0 Å². The number of amides is 1. The van der Waals surface area contributed by atoms with Gasteiger partial charge in [-0.2, -0.15) is 0 Å². The second-order valence-corrected chi connectivity index (χ2v) is 16.7. The van der Waals surface area contributed by atoms with Gasteiger partial charge in [0.15, 0.2) is 6.35 Å². The van der Waals surface area contributed by atoms with Crippen molar-refractivity contribution in [2.75, 3.05) is 25.8 Å². The molecule has 10 nitrogen and oxygen atoms in total. The van der Waals surface area contributed by atoms with E-state index < -0.39 is 29.1 Å². The summed E-state index contributed by atoms with van der Waals surface area (Å²) in [5.41, 5.74) is 2.46. The van der Waals surface area contributed by atoms with Crippen LogP contribution in [0.5, 0.6) is 5.75 Å². The molecule has 44 heavy (non-hydrogen) atoms. The number of ether oxygens (including phenoxy) is 2. The molecule has 1 aromatic heterocycles. The van der Waals surface area contributed by atoms with E-state index in [4.69, 9.17) is 23.9 Å². The molecule has 2 N–H and O–H groups in total. The Kier molecular flexibility index (Phi) is 11.9. The molecule has 0 spiro atoms. The van der Waals surface area contributed by atoms with E-state index in [0.29, 0.717) is 15.5 Å². The van der Waals surface area contributed by atoms with Gasteiger partial charge in [-0.25, -0.2) is 13.2 Å². The van der Waals surface area contributed by atoms with Crippen molar-refractivity contribution < 1.29 is 36.3 Å². The van der Waals surface area contributed by atoms with Crippen LogP contribution in [0.15, 0.2) is 56.5 Å². The molecule has 0 fully saturated rings. The number of carbonyl (C=O) groups is 1. The van der Waals surface area contributed by atoms with Crippen molar-refractivity contribution in [1.29, 1.82) is 5.41 Å². The highest BCUT2D eigenvalue weighted by atomic mass is 32.2. The van der Waals surface area contributed by atoms with Gasteiger partial charge in [0.25, 0.3) is 0 Å². The zero-order chi connectivity index (χ0) is 32.9. The minimum Gasteiger partial charge on any atom is -0.481 e. The van der Waals surface area contributed by atoms with Crippen LogP contribution in [0, 0.1) is 19.3 Å². The van der Waals surface area contributed by atoms with Crippen molar-refractivity contribution in [3.63, 3.8) is 0 Å². The van der Waals surface area contributed by atoms with Crippen molar-refractivity contribution >= 4 is 52.5 Å². The van der Waals surface area contributed by atoms with Crippen LogP contribution in [0.2, 0.25) is 0 Å². The molecule has 0 atom stereocenters. The highest BCUT2D eigenvalue weighted by molar-refractivity contribution is 8.01. The maximum absolute atomic E-state index is 13.9. The minimum absolute atomic E-state index is 0.0584. The van der Waals surface area contributed by atoms with E-state index in [0.717, 1.165) is 28.0 Å². The fourth-order valence-corrected chi connectivity index (χ4v) is 9.61. The fraction of sp³-hybridized carbons (Fsp3) is 0.400. The molecule has 14 heteroatoms. The summed E-state index contributed by atoms with van der Waals surface area (Å²) < 4.78 is 62.7. The number of thioether (sulfide) groups is 1. The van der Waals surface area contributed by atoms with Gasteiger partial charge in [0.05, 0.1) is 32.1 Å². The van der Waals surface area contributed by atoms with Crippen LogP contribution in [0.3, 0.4) is 0 Å². The molecule has 0 unspecified atom stereocenters.